The highest BCUT2D eigenvalue weighted by Crippen LogP contribution is 2.47. The van der Waals surface area contributed by atoms with E-state index < -0.39 is 0 Å². The Kier molecular flexibility index (Phi) is 3.76. The summed E-state index contributed by atoms with van der Waals surface area (Å²) >= 11 is 0. The second kappa shape index (κ2) is 6.03. The standard InChI is InChI=1S/C26H27N2O/c1-15-11-18-12-17(14-26(3,4)5)13-21-23(18)22(16(15)2)24-25(29-21)27-19-9-7-8-10-20(19)28(24)6/h7-13H,14H2,1-6H3/q+1. The van der Waals surface area contributed by atoms with Crippen molar-refractivity contribution < 1.29 is 9.30 Å². The molecule has 0 N–H and O–H groups in total. The number of ether oxygens (including phenoxy) is 1. The third-order valence-corrected chi connectivity index (χ3v) is 5.96. The minimum atomic E-state index is 0.219. The molecule has 2 heterocycles. The molecule has 0 amide bonds. The number of aromatic nitrogens is 2. The molecule has 0 saturated heterocycles. The number of fused-ring (bicyclic) bond motifs is 3. The largest absolute Gasteiger partial charge is 0.433 e. The first-order valence-electron chi connectivity index (χ1n) is 10.3. The number of para-hydroxylation sites is 2. The Morgan fingerprint density at radius 3 is 2.55 bits per heavy atom. The minimum Gasteiger partial charge on any atom is -0.433 e. The molecule has 3 nitrogen and oxygen atoms in total. The summed E-state index contributed by atoms with van der Waals surface area (Å²) in [7, 11) is 2.11. The van der Waals surface area contributed by atoms with E-state index in [2.05, 4.69) is 76.6 Å². The minimum absolute atomic E-state index is 0.219. The third-order valence-electron chi connectivity index (χ3n) is 5.96. The highest BCUT2D eigenvalue weighted by Gasteiger charge is 2.33. The molecule has 0 unspecified atom stereocenters. The topological polar surface area (TPSA) is 26.0 Å². The molecule has 0 atom stereocenters. The first kappa shape index (κ1) is 18.1. The van der Waals surface area contributed by atoms with Crippen molar-refractivity contribution in [1.29, 1.82) is 0 Å². The van der Waals surface area contributed by atoms with E-state index in [-0.39, 0.29) is 5.41 Å². The maximum Gasteiger partial charge on any atom is 0.294 e. The zero-order valence-electron chi connectivity index (χ0n) is 18.1. The molecule has 3 aromatic carbocycles. The second-order valence-corrected chi connectivity index (χ2v) is 9.54. The molecule has 0 saturated carbocycles. The van der Waals surface area contributed by atoms with Crippen LogP contribution in [0.3, 0.4) is 0 Å². The molecular formula is C26H27N2O+. The molecule has 0 aliphatic carbocycles. The first-order chi connectivity index (χ1) is 13.7. The van der Waals surface area contributed by atoms with E-state index in [9.17, 15) is 0 Å². The van der Waals surface area contributed by atoms with Gasteiger partial charge in [0, 0.05) is 11.5 Å². The average molecular weight is 384 g/mol. The predicted molar refractivity (Wildman–Crippen MR) is 119 cm³/mol. The van der Waals surface area contributed by atoms with Gasteiger partial charge in [-0.25, -0.2) is 4.98 Å². The normalized spacial score (nSPS) is 12.9. The fraction of sp³-hybridized carbons (Fsp3) is 0.308. The van der Waals surface area contributed by atoms with Crippen LogP contribution in [0.2, 0.25) is 0 Å². The molecule has 0 spiro atoms. The van der Waals surface area contributed by atoms with Crippen molar-refractivity contribution in [1.82, 2.24) is 4.98 Å². The molecule has 0 radical (unpaired) electrons. The lowest BCUT2D eigenvalue weighted by atomic mass is 9.85. The maximum atomic E-state index is 6.46. The number of hydrogen-bond acceptors (Lipinski definition) is 2. The molecule has 0 bridgehead atoms. The Morgan fingerprint density at radius 1 is 1.03 bits per heavy atom. The summed E-state index contributed by atoms with van der Waals surface area (Å²) in [5.41, 5.74) is 8.48. The highest BCUT2D eigenvalue weighted by atomic mass is 16.5. The molecule has 3 heteroatoms. The summed E-state index contributed by atoms with van der Waals surface area (Å²) in [5, 5.41) is 2.45. The lowest BCUT2D eigenvalue weighted by molar-refractivity contribution is -0.634. The van der Waals surface area contributed by atoms with Crippen molar-refractivity contribution in [2.75, 3.05) is 0 Å². The van der Waals surface area contributed by atoms with Gasteiger partial charge >= 0.3 is 0 Å². The number of nitrogens with zero attached hydrogens (tertiary/aromatic N) is 2. The zero-order chi connectivity index (χ0) is 20.5. The van der Waals surface area contributed by atoms with Gasteiger partial charge in [-0.3, -0.25) is 0 Å². The Labute approximate surface area is 172 Å². The highest BCUT2D eigenvalue weighted by molar-refractivity contribution is 6.05. The Bertz CT molecular complexity index is 1310. The van der Waals surface area contributed by atoms with E-state index in [1.807, 2.05) is 12.1 Å². The number of rotatable bonds is 1. The van der Waals surface area contributed by atoms with Crippen LogP contribution in [0, 0.1) is 19.3 Å². The lowest BCUT2D eigenvalue weighted by Gasteiger charge is -2.24. The van der Waals surface area contributed by atoms with Crippen molar-refractivity contribution in [2.24, 2.45) is 12.5 Å². The van der Waals surface area contributed by atoms with E-state index in [1.165, 1.54) is 33.0 Å². The Balaban J connectivity index is 1.89. The van der Waals surface area contributed by atoms with E-state index in [0.29, 0.717) is 5.88 Å². The van der Waals surface area contributed by atoms with Gasteiger partial charge in [-0.2, -0.15) is 4.57 Å². The van der Waals surface area contributed by atoms with Gasteiger partial charge in [0.15, 0.2) is 0 Å². The fourth-order valence-corrected chi connectivity index (χ4v) is 4.61. The smallest absolute Gasteiger partial charge is 0.294 e. The van der Waals surface area contributed by atoms with Crippen LogP contribution < -0.4 is 9.30 Å². The molecule has 4 aromatic rings. The second-order valence-electron chi connectivity index (χ2n) is 9.54. The summed E-state index contributed by atoms with van der Waals surface area (Å²) in [6.45, 7) is 11.2. The number of benzene rings is 3. The number of hydrogen-bond donors (Lipinski definition) is 0. The van der Waals surface area contributed by atoms with Gasteiger partial charge < -0.3 is 4.74 Å². The average Bonchev–Trinajstić information content (AvgIpc) is 2.63. The van der Waals surface area contributed by atoms with Crippen molar-refractivity contribution in [3.8, 4) is 22.9 Å². The SMILES string of the molecule is Cc1cc2cc(CC(C)(C)C)cc3c2c(c1C)-c1c(nc2ccccc2[n+]1C)O3. The van der Waals surface area contributed by atoms with Crippen LogP contribution in [0.5, 0.6) is 11.6 Å². The molecule has 146 valence electrons. The predicted octanol–water partition coefficient (Wildman–Crippen LogP) is 6.19. The van der Waals surface area contributed by atoms with Crippen LogP contribution in [0.1, 0.15) is 37.5 Å². The van der Waals surface area contributed by atoms with Crippen molar-refractivity contribution >= 4 is 21.8 Å². The summed E-state index contributed by atoms with van der Waals surface area (Å²) in [5.74, 6) is 1.62. The van der Waals surface area contributed by atoms with Crippen LogP contribution in [-0.2, 0) is 13.5 Å². The summed E-state index contributed by atoms with van der Waals surface area (Å²) < 4.78 is 8.68. The van der Waals surface area contributed by atoms with Crippen LogP contribution >= 0.6 is 0 Å². The first-order valence-corrected chi connectivity index (χ1v) is 10.3. The fourth-order valence-electron chi connectivity index (χ4n) is 4.61. The van der Waals surface area contributed by atoms with Crippen LogP contribution in [0.25, 0.3) is 33.1 Å². The monoisotopic (exact) mass is 383 g/mol. The molecule has 1 aliphatic heterocycles. The van der Waals surface area contributed by atoms with E-state index in [4.69, 9.17) is 9.72 Å². The molecular weight excluding hydrogens is 356 g/mol. The van der Waals surface area contributed by atoms with Crippen LogP contribution in [-0.4, -0.2) is 4.98 Å². The Morgan fingerprint density at radius 2 is 1.79 bits per heavy atom. The lowest BCUT2D eigenvalue weighted by Crippen LogP contribution is -2.34. The molecule has 0 fully saturated rings. The quantitative estimate of drug-likeness (QED) is 0.323. The Hall–Kier alpha value is -2.94. The maximum absolute atomic E-state index is 6.46. The molecule has 5 rings (SSSR count). The van der Waals surface area contributed by atoms with Gasteiger partial charge in [0.05, 0.1) is 5.56 Å². The van der Waals surface area contributed by atoms with E-state index in [0.717, 1.165) is 28.9 Å². The molecule has 1 aliphatic rings. The van der Waals surface area contributed by atoms with Crippen molar-refractivity contribution in [2.45, 2.75) is 41.0 Å². The van der Waals surface area contributed by atoms with E-state index >= 15 is 0 Å². The van der Waals surface area contributed by atoms with Crippen molar-refractivity contribution in [3.05, 3.63) is 59.2 Å². The third kappa shape index (κ3) is 2.79. The van der Waals surface area contributed by atoms with Gasteiger partial charge in [0.25, 0.3) is 11.6 Å². The van der Waals surface area contributed by atoms with Gasteiger partial charge in [0.1, 0.15) is 18.3 Å². The van der Waals surface area contributed by atoms with E-state index in [1.54, 1.807) is 0 Å². The van der Waals surface area contributed by atoms with Gasteiger partial charge in [-0.05, 0) is 59.9 Å². The van der Waals surface area contributed by atoms with Gasteiger partial charge in [-0.15, -0.1) is 0 Å². The van der Waals surface area contributed by atoms with Gasteiger partial charge in [-0.1, -0.05) is 45.0 Å². The number of aryl methyl sites for hydroxylation is 2. The van der Waals surface area contributed by atoms with Crippen LogP contribution in [0.15, 0.2) is 42.5 Å². The summed E-state index contributed by atoms with van der Waals surface area (Å²) in [6, 6.07) is 15.1. The molecule has 1 aromatic heterocycles. The van der Waals surface area contributed by atoms with Crippen LogP contribution in [0.4, 0.5) is 0 Å². The molecule has 29 heavy (non-hydrogen) atoms. The summed E-state index contributed by atoms with van der Waals surface area (Å²) in [4.78, 5) is 4.89. The van der Waals surface area contributed by atoms with Gasteiger partial charge in [0.2, 0.25) is 5.52 Å². The zero-order valence-corrected chi connectivity index (χ0v) is 18.1. The summed E-state index contributed by atoms with van der Waals surface area (Å²) in [6.07, 6.45) is 1.01. The van der Waals surface area contributed by atoms with Crippen molar-refractivity contribution in [3.63, 3.8) is 0 Å².